The van der Waals surface area contributed by atoms with Crippen molar-refractivity contribution in [1.29, 1.82) is 0 Å². The van der Waals surface area contributed by atoms with Gasteiger partial charge in [-0.3, -0.25) is 9.69 Å². The Kier molecular flexibility index (Phi) is 8.21. The molecule has 1 fully saturated rings. The molecule has 0 aromatic heterocycles. The van der Waals surface area contributed by atoms with Crippen LogP contribution < -0.4 is 10.1 Å². The van der Waals surface area contributed by atoms with Crippen molar-refractivity contribution in [2.45, 2.75) is 6.92 Å². The monoisotopic (exact) mass is 361 g/mol. The number of amides is 1. The van der Waals surface area contributed by atoms with Crippen LogP contribution in [0.5, 0.6) is 5.75 Å². The lowest BCUT2D eigenvalue weighted by Gasteiger charge is -2.36. The van der Waals surface area contributed by atoms with E-state index in [0.29, 0.717) is 6.61 Å². The van der Waals surface area contributed by atoms with Crippen LogP contribution >= 0.6 is 0 Å². The number of carbonyl (C=O) groups excluding carboxylic acids is 1. The first-order valence-electron chi connectivity index (χ1n) is 9.23. The summed E-state index contributed by atoms with van der Waals surface area (Å²) in [6, 6.07) is 9.91. The summed E-state index contributed by atoms with van der Waals surface area (Å²) in [5.41, 5.74) is 0. The maximum absolute atomic E-state index is 11.8. The summed E-state index contributed by atoms with van der Waals surface area (Å²) in [5.74, 6) is 1.75. The standard InChI is InChI=1S/C19H31N5O2/c1-4-20-19(21-16-18(25)22(2)3)24-12-10-23(11-13-24)14-15-26-17-8-6-5-7-9-17/h5-9H,4,10-16H2,1-3H3,(H,20,21). The van der Waals surface area contributed by atoms with Gasteiger partial charge in [-0.2, -0.15) is 0 Å². The molecule has 144 valence electrons. The van der Waals surface area contributed by atoms with E-state index in [9.17, 15) is 4.79 Å². The second-order valence-corrected chi connectivity index (χ2v) is 6.45. The Morgan fingerprint density at radius 3 is 2.50 bits per heavy atom. The summed E-state index contributed by atoms with van der Waals surface area (Å²) in [4.78, 5) is 22.4. The molecule has 0 radical (unpaired) electrons. The molecule has 0 unspecified atom stereocenters. The van der Waals surface area contributed by atoms with Crippen LogP contribution in [-0.2, 0) is 4.79 Å². The van der Waals surface area contributed by atoms with Gasteiger partial charge in [-0.15, -0.1) is 0 Å². The number of hydrogen-bond donors (Lipinski definition) is 1. The Balaban J connectivity index is 1.75. The van der Waals surface area contributed by atoms with Gasteiger partial charge in [0.1, 0.15) is 18.9 Å². The summed E-state index contributed by atoms with van der Waals surface area (Å²) >= 11 is 0. The van der Waals surface area contributed by atoms with Crippen LogP contribution in [0, 0.1) is 0 Å². The Morgan fingerprint density at radius 2 is 1.88 bits per heavy atom. The van der Waals surface area contributed by atoms with Crippen LogP contribution in [0.15, 0.2) is 35.3 Å². The minimum absolute atomic E-state index is 0.0112. The third kappa shape index (κ3) is 6.55. The fraction of sp³-hybridized carbons (Fsp3) is 0.579. The molecule has 26 heavy (non-hydrogen) atoms. The van der Waals surface area contributed by atoms with Crippen molar-refractivity contribution in [3.8, 4) is 5.75 Å². The number of carbonyl (C=O) groups is 1. The molecule has 2 rings (SSSR count). The van der Waals surface area contributed by atoms with Crippen molar-refractivity contribution >= 4 is 11.9 Å². The van der Waals surface area contributed by atoms with Gasteiger partial charge in [0.2, 0.25) is 5.91 Å². The number of benzene rings is 1. The smallest absolute Gasteiger partial charge is 0.243 e. The zero-order chi connectivity index (χ0) is 18.8. The number of rotatable bonds is 7. The quantitative estimate of drug-likeness (QED) is 0.573. The fourth-order valence-corrected chi connectivity index (χ4v) is 2.70. The Labute approximate surface area is 156 Å². The van der Waals surface area contributed by atoms with Gasteiger partial charge >= 0.3 is 0 Å². The number of nitrogens with zero attached hydrogens (tertiary/aromatic N) is 4. The molecule has 1 N–H and O–H groups in total. The SMILES string of the molecule is CCNC(=NCC(=O)N(C)C)N1CCN(CCOc2ccccc2)CC1. The van der Waals surface area contributed by atoms with Gasteiger partial charge in [-0.05, 0) is 19.1 Å². The van der Waals surface area contributed by atoms with E-state index in [2.05, 4.69) is 20.1 Å². The van der Waals surface area contributed by atoms with Gasteiger partial charge in [0.15, 0.2) is 5.96 Å². The van der Waals surface area contributed by atoms with Crippen LogP contribution in [-0.4, -0.2) is 93.1 Å². The number of likely N-dealkylation sites (N-methyl/N-ethyl adjacent to an activating group) is 1. The first-order valence-corrected chi connectivity index (χ1v) is 9.23. The van der Waals surface area contributed by atoms with Crippen molar-refractivity contribution in [2.24, 2.45) is 4.99 Å². The molecule has 0 aliphatic carbocycles. The van der Waals surface area contributed by atoms with Crippen LogP contribution in [0.2, 0.25) is 0 Å². The summed E-state index contributed by atoms with van der Waals surface area (Å²) in [6.45, 7) is 8.33. The highest BCUT2D eigenvalue weighted by Crippen LogP contribution is 2.08. The largest absolute Gasteiger partial charge is 0.492 e. The van der Waals surface area contributed by atoms with Crippen molar-refractivity contribution in [3.63, 3.8) is 0 Å². The second-order valence-electron chi connectivity index (χ2n) is 6.45. The van der Waals surface area contributed by atoms with Gasteiger partial charge in [0.05, 0.1) is 0 Å². The number of para-hydroxylation sites is 1. The molecule has 0 spiro atoms. The second kappa shape index (κ2) is 10.7. The molecule has 1 aromatic carbocycles. The van der Waals surface area contributed by atoms with E-state index in [1.165, 1.54) is 0 Å². The number of piperazine rings is 1. The summed E-state index contributed by atoms with van der Waals surface area (Å²) in [7, 11) is 3.50. The average molecular weight is 361 g/mol. The molecule has 1 aliphatic heterocycles. The van der Waals surface area contributed by atoms with Gasteiger partial charge in [0.25, 0.3) is 0 Å². The summed E-state index contributed by atoms with van der Waals surface area (Å²) in [6.07, 6.45) is 0. The third-order valence-corrected chi connectivity index (χ3v) is 4.29. The number of hydrogen-bond acceptors (Lipinski definition) is 4. The zero-order valence-electron chi connectivity index (χ0n) is 16.1. The van der Waals surface area contributed by atoms with E-state index >= 15 is 0 Å². The topological polar surface area (TPSA) is 60.4 Å². The molecule has 1 amide bonds. The van der Waals surface area contributed by atoms with Crippen LogP contribution in [0.25, 0.3) is 0 Å². The molecule has 1 saturated heterocycles. The van der Waals surface area contributed by atoms with Gasteiger partial charge in [-0.25, -0.2) is 4.99 Å². The molecule has 0 saturated carbocycles. The predicted octanol–water partition coefficient (Wildman–Crippen LogP) is 0.737. The van der Waals surface area contributed by atoms with E-state index in [0.717, 1.165) is 51.0 Å². The molecule has 1 aromatic rings. The third-order valence-electron chi connectivity index (χ3n) is 4.29. The van der Waals surface area contributed by atoms with E-state index in [4.69, 9.17) is 4.74 Å². The number of nitrogens with one attached hydrogen (secondary N) is 1. The summed E-state index contributed by atoms with van der Waals surface area (Å²) in [5, 5.41) is 3.29. The minimum atomic E-state index is 0.0112. The highest BCUT2D eigenvalue weighted by Gasteiger charge is 2.19. The van der Waals surface area contributed by atoms with Crippen molar-refractivity contribution < 1.29 is 9.53 Å². The molecule has 1 heterocycles. The minimum Gasteiger partial charge on any atom is -0.492 e. The van der Waals surface area contributed by atoms with Crippen molar-refractivity contribution in [3.05, 3.63) is 30.3 Å². The molecule has 7 nitrogen and oxygen atoms in total. The first kappa shape index (κ1) is 20.0. The molecular formula is C19H31N5O2. The number of aliphatic imine (C=N–C) groups is 1. The molecule has 0 atom stereocenters. The number of guanidine groups is 1. The zero-order valence-corrected chi connectivity index (χ0v) is 16.1. The normalized spacial score (nSPS) is 15.7. The Morgan fingerprint density at radius 1 is 1.19 bits per heavy atom. The van der Waals surface area contributed by atoms with E-state index in [1.807, 2.05) is 37.3 Å². The van der Waals surface area contributed by atoms with Gasteiger partial charge in [0, 0.05) is 53.4 Å². The lowest BCUT2D eigenvalue weighted by molar-refractivity contribution is -0.127. The van der Waals surface area contributed by atoms with Crippen molar-refractivity contribution in [2.75, 3.05) is 66.5 Å². The Bertz CT molecular complexity index is 569. The summed E-state index contributed by atoms with van der Waals surface area (Å²) < 4.78 is 5.78. The highest BCUT2D eigenvalue weighted by molar-refractivity contribution is 5.84. The van der Waals surface area contributed by atoms with Crippen LogP contribution in [0.3, 0.4) is 0 Å². The molecular weight excluding hydrogens is 330 g/mol. The van der Waals surface area contributed by atoms with E-state index < -0.39 is 0 Å². The molecule has 0 bridgehead atoms. The molecule has 7 heteroatoms. The molecule has 1 aliphatic rings. The lowest BCUT2D eigenvalue weighted by Crippen LogP contribution is -2.53. The maximum Gasteiger partial charge on any atom is 0.243 e. The van der Waals surface area contributed by atoms with Gasteiger partial charge in [-0.1, -0.05) is 18.2 Å². The Hall–Kier alpha value is -2.28. The van der Waals surface area contributed by atoms with E-state index in [1.54, 1.807) is 19.0 Å². The lowest BCUT2D eigenvalue weighted by atomic mass is 10.3. The highest BCUT2D eigenvalue weighted by atomic mass is 16.5. The van der Waals surface area contributed by atoms with Crippen LogP contribution in [0.4, 0.5) is 0 Å². The average Bonchev–Trinajstić information content (AvgIpc) is 2.66. The van der Waals surface area contributed by atoms with Gasteiger partial charge < -0.3 is 19.9 Å². The number of ether oxygens (including phenoxy) is 1. The first-order chi connectivity index (χ1) is 12.6. The van der Waals surface area contributed by atoms with Crippen LogP contribution in [0.1, 0.15) is 6.92 Å². The maximum atomic E-state index is 11.8. The van der Waals surface area contributed by atoms with E-state index in [-0.39, 0.29) is 12.5 Å². The fourth-order valence-electron chi connectivity index (χ4n) is 2.70. The predicted molar refractivity (Wildman–Crippen MR) is 105 cm³/mol. The van der Waals surface area contributed by atoms with Crippen molar-refractivity contribution in [1.82, 2.24) is 20.0 Å².